The van der Waals surface area contributed by atoms with Gasteiger partial charge in [-0.25, -0.2) is 4.79 Å². The van der Waals surface area contributed by atoms with Gasteiger partial charge in [0.2, 0.25) is 6.79 Å². The number of fused-ring (bicyclic) bond motifs is 1. The highest BCUT2D eigenvalue weighted by molar-refractivity contribution is 5.91. The summed E-state index contributed by atoms with van der Waals surface area (Å²) in [4.78, 5) is 12.1. The third kappa shape index (κ3) is 2.84. The average molecular weight is 284 g/mol. The lowest BCUT2D eigenvalue weighted by Gasteiger charge is -2.08. The molecule has 1 aliphatic rings. The molecule has 2 aromatic carbocycles. The highest BCUT2D eigenvalue weighted by Gasteiger charge is 2.15. The third-order valence-electron chi connectivity index (χ3n) is 3.41. The lowest BCUT2D eigenvalue weighted by Crippen LogP contribution is -2.07. The molecule has 0 N–H and O–H groups in total. The van der Waals surface area contributed by atoms with Gasteiger partial charge in [0.1, 0.15) is 6.61 Å². The van der Waals surface area contributed by atoms with Crippen molar-refractivity contribution in [1.82, 2.24) is 0 Å². The van der Waals surface area contributed by atoms with Gasteiger partial charge >= 0.3 is 5.97 Å². The quantitative estimate of drug-likeness (QED) is 0.810. The van der Waals surface area contributed by atoms with Crippen LogP contribution < -0.4 is 9.47 Å². The van der Waals surface area contributed by atoms with Crippen molar-refractivity contribution in [3.63, 3.8) is 0 Å². The maximum absolute atomic E-state index is 12.1. The summed E-state index contributed by atoms with van der Waals surface area (Å²) in [5, 5.41) is 0. The lowest BCUT2D eigenvalue weighted by atomic mass is 10.1. The minimum Gasteiger partial charge on any atom is -0.457 e. The molecule has 1 heterocycles. The van der Waals surface area contributed by atoms with Crippen molar-refractivity contribution in [3.8, 4) is 11.5 Å². The largest absolute Gasteiger partial charge is 0.457 e. The predicted molar refractivity (Wildman–Crippen MR) is 77.6 cm³/mol. The maximum atomic E-state index is 12.1. The summed E-state index contributed by atoms with van der Waals surface area (Å²) < 4.78 is 15.9. The van der Waals surface area contributed by atoms with E-state index < -0.39 is 0 Å². The third-order valence-corrected chi connectivity index (χ3v) is 3.41. The van der Waals surface area contributed by atoms with Gasteiger partial charge in [0.25, 0.3) is 0 Å². The molecule has 108 valence electrons. The van der Waals surface area contributed by atoms with E-state index in [1.165, 1.54) is 0 Å². The second kappa shape index (κ2) is 5.48. The van der Waals surface area contributed by atoms with Crippen molar-refractivity contribution in [2.45, 2.75) is 20.5 Å². The molecule has 0 radical (unpaired) electrons. The SMILES string of the molecule is Cc1ccc(C(=O)OCc2ccc3c(c2)OCO3)c(C)c1. The number of esters is 1. The van der Waals surface area contributed by atoms with Crippen LogP contribution in [0.3, 0.4) is 0 Å². The molecule has 0 saturated carbocycles. The van der Waals surface area contributed by atoms with Crippen molar-refractivity contribution >= 4 is 5.97 Å². The van der Waals surface area contributed by atoms with E-state index in [0.29, 0.717) is 11.3 Å². The molecule has 2 aromatic rings. The van der Waals surface area contributed by atoms with E-state index in [0.717, 1.165) is 22.4 Å². The molecule has 3 rings (SSSR count). The number of rotatable bonds is 3. The number of aryl methyl sites for hydroxylation is 2. The standard InChI is InChI=1S/C17H16O4/c1-11-3-5-14(12(2)7-11)17(18)19-9-13-4-6-15-16(8-13)21-10-20-15/h3-8H,9-10H2,1-2H3. The van der Waals surface area contributed by atoms with E-state index in [9.17, 15) is 4.79 Å². The molecular formula is C17H16O4. The van der Waals surface area contributed by atoms with E-state index in [1.807, 2.05) is 44.2 Å². The van der Waals surface area contributed by atoms with Crippen LogP contribution in [0.2, 0.25) is 0 Å². The van der Waals surface area contributed by atoms with Crippen LogP contribution >= 0.6 is 0 Å². The maximum Gasteiger partial charge on any atom is 0.338 e. The highest BCUT2D eigenvalue weighted by Crippen LogP contribution is 2.32. The Labute approximate surface area is 123 Å². The normalized spacial score (nSPS) is 12.3. The zero-order valence-electron chi connectivity index (χ0n) is 12.0. The minimum atomic E-state index is -0.315. The van der Waals surface area contributed by atoms with Crippen molar-refractivity contribution < 1.29 is 19.0 Å². The first-order valence-electron chi connectivity index (χ1n) is 6.76. The molecule has 0 fully saturated rings. The van der Waals surface area contributed by atoms with E-state index in [2.05, 4.69) is 0 Å². The van der Waals surface area contributed by atoms with Gasteiger partial charge in [0.05, 0.1) is 5.56 Å². The van der Waals surface area contributed by atoms with Crippen molar-refractivity contribution in [3.05, 3.63) is 58.7 Å². The second-order valence-corrected chi connectivity index (χ2v) is 5.08. The first-order valence-corrected chi connectivity index (χ1v) is 6.76. The van der Waals surface area contributed by atoms with Gasteiger partial charge < -0.3 is 14.2 Å². The number of benzene rings is 2. The fourth-order valence-corrected chi connectivity index (χ4v) is 2.30. The summed E-state index contributed by atoms with van der Waals surface area (Å²) in [5.74, 6) is 1.10. The monoisotopic (exact) mass is 284 g/mol. The second-order valence-electron chi connectivity index (χ2n) is 5.08. The van der Waals surface area contributed by atoms with Crippen LogP contribution in [0.1, 0.15) is 27.0 Å². The fraction of sp³-hybridized carbons (Fsp3) is 0.235. The lowest BCUT2D eigenvalue weighted by molar-refractivity contribution is 0.0471. The summed E-state index contributed by atoms with van der Waals surface area (Å²) in [7, 11) is 0. The molecule has 0 aromatic heterocycles. The topological polar surface area (TPSA) is 44.8 Å². The van der Waals surface area contributed by atoms with E-state index in [-0.39, 0.29) is 19.4 Å². The van der Waals surface area contributed by atoms with E-state index >= 15 is 0 Å². The molecule has 4 heteroatoms. The fourth-order valence-electron chi connectivity index (χ4n) is 2.30. The van der Waals surface area contributed by atoms with Gasteiger partial charge in [0, 0.05) is 0 Å². The predicted octanol–water partition coefficient (Wildman–Crippen LogP) is 3.39. The highest BCUT2D eigenvalue weighted by atomic mass is 16.7. The van der Waals surface area contributed by atoms with E-state index in [1.54, 1.807) is 6.07 Å². The summed E-state index contributed by atoms with van der Waals surface area (Å²) in [6.45, 7) is 4.35. The number of carbonyl (C=O) groups is 1. The zero-order chi connectivity index (χ0) is 14.8. The number of hydrogen-bond acceptors (Lipinski definition) is 4. The number of carbonyl (C=O) groups excluding carboxylic acids is 1. The Morgan fingerprint density at radius 3 is 2.71 bits per heavy atom. The molecule has 1 aliphatic heterocycles. The van der Waals surface area contributed by atoms with E-state index in [4.69, 9.17) is 14.2 Å². The van der Waals surface area contributed by atoms with Crippen LogP contribution in [-0.2, 0) is 11.3 Å². The van der Waals surface area contributed by atoms with Gasteiger partial charge in [-0.3, -0.25) is 0 Å². The zero-order valence-corrected chi connectivity index (χ0v) is 12.0. The van der Waals surface area contributed by atoms with Crippen LogP contribution in [0.15, 0.2) is 36.4 Å². The van der Waals surface area contributed by atoms with Gasteiger partial charge in [-0.2, -0.15) is 0 Å². The minimum absolute atomic E-state index is 0.211. The Morgan fingerprint density at radius 2 is 1.90 bits per heavy atom. The Balaban J connectivity index is 1.68. The van der Waals surface area contributed by atoms with Crippen molar-refractivity contribution in [1.29, 1.82) is 0 Å². The average Bonchev–Trinajstić information content (AvgIpc) is 2.92. The number of hydrogen-bond donors (Lipinski definition) is 0. The van der Waals surface area contributed by atoms with Crippen LogP contribution in [0.4, 0.5) is 0 Å². The molecule has 4 nitrogen and oxygen atoms in total. The first kappa shape index (κ1) is 13.5. The number of ether oxygens (including phenoxy) is 3. The van der Waals surface area contributed by atoms with Gasteiger partial charge in [0.15, 0.2) is 11.5 Å². The molecule has 21 heavy (non-hydrogen) atoms. The molecule has 0 spiro atoms. The molecule has 0 bridgehead atoms. The van der Waals surface area contributed by atoms with Gasteiger partial charge in [-0.05, 0) is 43.2 Å². The van der Waals surface area contributed by atoms with Crippen molar-refractivity contribution in [2.75, 3.05) is 6.79 Å². The van der Waals surface area contributed by atoms with Crippen molar-refractivity contribution in [2.24, 2.45) is 0 Å². The van der Waals surface area contributed by atoms with Crippen LogP contribution in [0.5, 0.6) is 11.5 Å². The molecular weight excluding hydrogens is 268 g/mol. The Kier molecular flexibility index (Phi) is 3.52. The summed E-state index contributed by atoms with van der Waals surface area (Å²) in [6, 6.07) is 11.2. The van der Waals surface area contributed by atoms with Crippen LogP contribution in [0, 0.1) is 13.8 Å². The summed E-state index contributed by atoms with van der Waals surface area (Å²) >= 11 is 0. The molecule has 0 aliphatic carbocycles. The summed E-state index contributed by atoms with van der Waals surface area (Å²) in [5.41, 5.74) is 3.52. The first-order chi connectivity index (χ1) is 10.1. The van der Waals surface area contributed by atoms with Crippen LogP contribution in [0.25, 0.3) is 0 Å². The molecule has 0 unspecified atom stereocenters. The van der Waals surface area contributed by atoms with Gasteiger partial charge in [-0.1, -0.05) is 23.8 Å². The summed E-state index contributed by atoms with van der Waals surface area (Å²) in [6.07, 6.45) is 0. The Morgan fingerprint density at radius 1 is 1.10 bits per heavy atom. The van der Waals surface area contributed by atoms with Gasteiger partial charge in [-0.15, -0.1) is 0 Å². The molecule has 0 amide bonds. The Bertz CT molecular complexity index is 691. The Hall–Kier alpha value is -2.49. The smallest absolute Gasteiger partial charge is 0.338 e. The van der Waals surface area contributed by atoms with Crippen LogP contribution in [-0.4, -0.2) is 12.8 Å². The molecule has 0 saturated heterocycles. The molecule has 0 atom stereocenters.